The normalized spacial score (nSPS) is 15.0. The summed E-state index contributed by atoms with van der Waals surface area (Å²) in [5.74, 6) is 2.45. The fourth-order valence-corrected chi connectivity index (χ4v) is 5.26. The minimum absolute atomic E-state index is 0.287. The van der Waals surface area contributed by atoms with Crippen molar-refractivity contribution < 1.29 is 9.47 Å². The molecule has 0 amide bonds. The van der Waals surface area contributed by atoms with Crippen LogP contribution in [0.2, 0.25) is 0 Å². The van der Waals surface area contributed by atoms with Gasteiger partial charge in [0.05, 0.1) is 10.2 Å². The van der Waals surface area contributed by atoms with E-state index in [9.17, 15) is 0 Å². The van der Waals surface area contributed by atoms with E-state index in [4.69, 9.17) is 9.47 Å². The highest BCUT2D eigenvalue weighted by atomic mass is 32.1. The predicted octanol–water partition coefficient (Wildman–Crippen LogP) is 5.30. The zero-order chi connectivity index (χ0) is 20.6. The highest BCUT2D eigenvalue weighted by molar-refractivity contribution is 7.22. The molecule has 1 fully saturated rings. The van der Waals surface area contributed by atoms with E-state index in [0.717, 1.165) is 46.2 Å². The summed E-state index contributed by atoms with van der Waals surface area (Å²) in [4.78, 5) is 12.7. The van der Waals surface area contributed by atoms with E-state index in [1.807, 2.05) is 18.2 Å². The van der Waals surface area contributed by atoms with Crippen LogP contribution >= 0.6 is 11.3 Å². The first kappa shape index (κ1) is 18.4. The van der Waals surface area contributed by atoms with Gasteiger partial charge >= 0.3 is 0 Å². The Labute approximate surface area is 184 Å². The molecular formula is C24H22N4O2S. The topological polar surface area (TPSA) is 59.5 Å². The number of fused-ring (bicyclic) bond motifs is 2. The second-order valence-electron chi connectivity index (χ2n) is 7.83. The second kappa shape index (κ2) is 7.74. The number of rotatable bonds is 5. The standard InChI is InChI=1S/C24H22N4O2S/c1-2-9-28(8-1)18-5-3-4-17(11-18)22-12-19-23(31-22)24(27-14-26-19)25-13-16-6-7-20-21(10-16)30-15-29-20/h3-7,10-12,14H,1-2,8-9,13,15H2,(H,25,26,27). The third-order valence-corrected chi connectivity index (χ3v) is 6.99. The van der Waals surface area contributed by atoms with Gasteiger partial charge in [0.25, 0.3) is 0 Å². The molecule has 1 saturated heterocycles. The summed E-state index contributed by atoms with van der Waals surface area (Å²) in [6.07, 6.45) is 4.18. The van der Waals surface area contributed by atoms with Crippen LogP contribution in [0, 0.1) is 0 Å². The molecule has 2 aliphatic heterocycles. The van der Waals surface area contributed by atoms with Gasteiger partial charge in [0.2, 0.25) is 6.79 Å². The average molecular weight is 431 g/mol. The lowest BCUT2D eigenvalue weighted by atomic mass is 10.1. The maximum atomic E-state index is 5.48. The average Bonchev–Trinajstić information content (AvgIpc) is 3.57. The molecule has 0 aliphatic carbocycles. The first-order chi connectivity index (χ1) is 15.3. The van der Waals surface area contributed by atoms with Gasteiger partial charge in [-0.25, -0.2) is 9.97 Å². The summed E-state index contributed by atoms with van der Waals surface area (Å²) >= 11 is 1.73. The number of nitrogens with one attached hydrogen (secondary N) is 1. The molecule has 2 aliphatic rings. The molecule has 1 N–H and O–H groups in total. The van der Waals surface area contributed by atoms with Gasteiger partial charge < -0.3 is 19.7 Å². The zero-order valence-electron chi connectivity index (χ0n) is 17.0. The first-order valence-electron chi connectivity index (χ1n) is 10.6. The lowest BCUT2D eigenvalue weighted by molar-refractivity contribution is 0.174. The van der Waals surface area contributed by atoms with Gasteiger partial charge in [0, 0.05) is 30.2 Å². The van der Waals surface area contributed by atoms with Crippen LogP contribution in [0.3, 0.4) is 0 Å². The molecule has 0 spiro atoms. The van der Waals surface area contributed by atoms with Gasteiger partial charge in [0.15, 0.2) is 11.5 Å². The summed E-state index contributed by atoms with van der Waals surface area (Å²) in [7, 11) is 0. The number of benzene rings is 2. The van der Waals surface area contributed by atoms with Crippen LogP contribution in [0.1, 0.15) is 18.4 Å². The van der Waals surface area contributed by atoms with Crippen LogP contribution in [-0.4, -0.2) is 29.9 Å². The molecule has 4 heterocycles. The Hall–Kier alpha value is -3.32. The fourth-order valence-electron chi connectivity index (χ4n) is 4.19. The number of thiophene rings is 1. The Kier molecular flexibility index (Phi) is 4.61. The predicted molar refractivity (Wildman–Crippen MR) is 124 cm³/mol. The van der Waals surface area contributed by atoms with Crippen molar-refractivity contribution in [1.29, 1.82) is 0 Å². The molecule has 156 valence electrons. The van der Waals surface area contributed by atoms with Gasteiger partial charge in [-0.3, -0.25) is 0 Å². The van der Waals surface area contributed by atoms with E-state index in [0.29, 0.717) is 6.54 Å². The minimum Gasteiger partial charge on any atom is -0.454 e. The van der Waals surface area contributed by atoms with E-state index in [1.54, 1.807) is 17.7 Å². The van der Waals surface area contributed by atoms with Gasteiger partial charge in [-0.1, -0.05) is 18.2 Å². The molecule has 7 heteroatoms. The van der Waals surface area contributed by atoms with Crippen LogP contribution in [0.4, 0.5) is 11.5 Å². The molecule has 2 aromatic carbocycles. The Morgan fingerprint density at radius 1 is 0.968 bits per heavy atom. The number of aromatic nitrogens is 2. The molecule has 0 unspecified atom stereocenters. The van der Waals surface area contributed by atoms with Crippen molar-refractivity contribution in [1.82, 2.24) is 9.97 Å². The van der Waals surface area contributed by atoms with Gasteiger partial charge in [-0.05, 0) is 54.3 Å². The Balaban J connectivity index is 1.27. The van der Waals surface area contributed by atoms with E-state index in [1.165, 1.54) is 29.0 Å². The van der Waals surface area contributed by atoms with Crippen LogP contribution < -0.4 is 19.7 Å². The SMILES string of the molecule is c1cc(-c2cc3ncnc(NCc4ccc5c(c4)OCO5)c3s2)cc(N2CCCC2)c1. The highest BCUT2D eigenvalue weighted by Gasteiger charge is 2.16. The number of hydrogen-bond donors (Lipinski definition) is 1. The van der Waals surface area contributed by atoms with E-state index in [-0.39, 0.29) is 6.79 Å². The number of nitrogens with zero attached hydrogens (tertiary/aromatic N) is 3. The Morgan fingerprint density at radius 2 is 1.87 bits per heavy atom. The highest BCUT2D eigenvalue weighted by Crippen LogP contribution is 2.37. The Bertz CT molecular complexity index is 1250. The lowest BCUT2D eigenvalue weighted by Gasteiger charge is -2.18. The molecule has 0 saturated carbocycles. The largest absolute Gasteiger partial charge is 0.454 e. The van der Waals surface area contributed by atoms with E-state index < -0.39 is 0 Å². The van der Waals surface area contributed by atoms with Crippen LogP contribution in [0.5, 0.6) is 11.5 Å². The third kappa shape index (κ3) is 3.55. The Morgan fingerprint density at radius 3 is 2.81 bits per heavy atom. The number of hydrogen-bond acceptors (Lipinski definition) is 7. The molecule has 31 heavy (non-hydrogen) atoms. The van der Waals surface area contributed by atoms with Gasteiger partial charge in [-0.2, -0.15) is 0 Å². The van der Waals surface area contributed by atoms with Crippen molar-refractivity contribution >= 4 is 33.1 Å². The summed E-state index contributed by atoms with van der Waals surface area (Å²) in [6.45, 7) is 3.24. The van der Waals surface area contributed by atoms with Crippen LogP contribution in [0.25, 0.3) is 20.7 Å². The molecule has 0 atom stereocenters. The number of anilines is 2. The minimum atomic E-state index is 0.287. The van der Waals surface area contributed by atoms with E-state index in [2.05, 4.69) is 50.5 Å². The van der Waals surface area contributed by atoms with Crippen molar-refractivity contribution in [2.45, 2.75) is 19.4 Å². The van der Waals surface area contributed by atoms with Crippen LogP contribution in [-0.2, 0) is 6.54 Å². The third-order valence-electron chi connectivity index (χ3n) is 5.81. The van der Waals surface area contributed by atoms with Crippen molar-refractivity contribution in [2.75, 3.05) is 30.1 Å². The number of ether oxygens (including phenoxy) is 2. The quantitative estimate of drug-likeness (QED) is 0.464. The summed E-state index contributed by atoms with van der Waals surface area (Å²) in [6, 6.07) is 17.0. The molecular weight excluding hydrogens is 408 g/mol. The smallest absolute Gasteiger partial charge is 0.231 e. The summed E-state index contributed by atoms with van der Waals surface area (Å²) in [5, 5.41) is 3.47. The maximum Gasteiger partial charge on any atom is 0.231 e. The van der Waals surface area contributed by atoms with E-state index >= 15 is 0 Å². The molecule has 6 nitrogen and oxygen atoms in total. The van der Waals surface area contributed by atoms with Crippen molar-refractivity contribution in [3.8, 4) is 21.9 Å². The van der Waals surface area contributed by atoms with Gasteiger partial charge in [0.1, 0.15) is 12.1 Å². The molecule has 2 aromatic heterocycles. The molecule has 0 radical (unpaired) electrons. The monoisotopic (exact) mass is 430 g/mol. The molecule has 6 rings (SSSR count). The summed E-state index contributed by atoms with van der Waals surface area (Å²) in [5.41, 5.74) is 4.62. The molecule has 4 aromatic rings. The first-order valence-corrected chi connectivity index (χ1v) is 11.4. The lowest BCUT2D eigenvalue weighted by Crippen LogP contribution is -2.17. The van der Waals surface area contributed by atoms with Crippen molar-refractivity contribution in [3.05, 3.63) is 60.4 Å². The molecule has 0 bridgehead atoms. The van der Waals surface area contributed by atoms with Crippen molar-refractivity contribution in [3.63, 3.8) is 0 Å². The fraction of sp³-hybridized carbons (Fsp3) is 0.250. The summed E-state index contributed by atoms with van der Waals surface area (Å²) < 4.78 is 12.0. The second-order valence-corrected chi connectivity index (χ2v) is 8.89. The van der Waals surface area contributed by atoms with Gasteiger partial charge in [-0.15, -0.1) is 11.3 Å². The maximum absolute atomic E-state index is 5.48. The van der Waals surface area contributed by atoms with Crippen molar-refractivity contribution in [2.24, 2.45) is 0 Å². The zero-order valence-corrected chi connectivity index (χ0v) is 17.8. The van der Waals surface area contributed by atoms with Crippen LogP contribution in [0.15, 0.2) is 54.9 Å².